The zero-order valence-electron chi connectivity index (χ0n) is 10.0. The van der Waals surface area contributed by atoms with E-state index in [1.807, 2.05) is 17.5 Å². The maximum absolute atomic E-state index is 11.7. The fourth-order valence-electron chi connectivity index (χ4n) is 1.51. The standard InChI is InChI=1S/C12H12N2O2S2/c1-7-11(8(2)15)18-12(13-7)14-10(16)6-9-4-3-5-17-9/h3-5H,6H2,1-2H3,(H,13,14,16). The molecule has 2 rings (SSSR count). The molecule has 2 heterocycles. The van der Waals surface area contributed by atoms with Crippen molar-refractivity contribution in [3.63, 3.8) is 0 Å². The SMILES string of the molecule is CC(=O)c1sc(NC(=O)Cc2cccs2)nc1C. The third-order valence-corrected chi connectivity index (χ3v) is 4.33. The van der Waals surface area contributed by atoms with Crippen molar-refractivity contribution in [2.24, 2.45) is 0 Å². The Kier molecular flexibility index (Phi) is 3.88. The highest BCUT2D eigenvalue weighted by atomic mass is 32.1. The van der Waals surface area contributed by atoms with Gasteiger partial charge in [-0.25, -0.2) is 4.98 Å². The van der Waals surface area contributed by atoms with E-state index in [9.17, 15) is 9.59 Å². The van der Waals surface area contributed by atoms with Crippen LogP contribution in [-0.4, -0.2) is 16.7 Å². The summed E-state index contributed by atoms with van der Waals surface area (Å²) in [4.78, 5) is 28.8. The van der Waals surface area contributed by atoms with Gasteiger partial charge < -0.3 is 5.32 Å². The predicted molar refractivity (Wildman–Crippen MR) is 73.5 cm³/mol. The van der Waals surface area contributed by atoms with Crippen LogP contribution in [0.1, 0.15) is 27.2 Å². The van der Waals surface area contributed by atoms with Crippen molar-refractivity contribution in [2.75, 3.05) is 5.32 Å². The number of thiazole rings is 1. The molecule has 94 valence electrons. The molecule has 0 radical (unpaired) electrons. The number of aromatic nitrogens is 1. The van der Waals surface area contributed by atoms with E-state index in [4.69, 9.17) is 0 Å². The van der Waals surface area contributed by atoms with Gasteiger partial charge in [0.15, 0.2) is 10.9 Å². The number of nitrogens with one attached hydrogen (secondary N) is 1. The van der Waals surface area contributed by atoms with Crippen molar-refractivity contribution in [1.29, 1.82) is 0 Å². The van der Waals surface area contributed by atoms with Crippen LogP contribution in [0.4, 0.5) is 5.13 Å². The number of thiophene rings is 1. The van der Waals surface area contributed by atoms with E-state index in [0.717, 1.165) is 4.88 Å². The van der Waals surface area contributed by atoms with Crippen molar-refractivity contribution >= 4 is 39.5 Å². The Balaban J connectivity index is 2.03. The lowest BCUT2D eigenvalue weighted by molar-refractivity contribution is -0.115. The van der Waals surface area contributed by atoms with Crippen LogP contribution < -0.4 is 5.32 Å². The number of anilines is 1. The number of hydrogen-bond acceptors (Lipinski definition) is 5. The minimum atomic E-state index is -0.110. The molecule has 4 nitrogen and oxygen atoms in total. The Hall–Kier alpha value is -1.53. The highest BCUT2D eigenvalue weighted by Crippen LogP contribution is 2.23. The average molecular weight is 280 g/mol. The normalized spacial score (nSPS) is 10.3. The van der Waals surface area contributed by atoms with Crippen LogP contribution in [0.25, 0.3) is 0 Å². The van der Waals surface area contributed by atoms with Crippen LogP contribution in [0.15, 0.2) is 17.5 Å². The molecule has 18 heavy (non-hydrogen) atoms. The van der Waals surface area contributed by atoms with Crippen LogP contribution in [0, 0.1) is 6.92 Å². The minimum absolute atomic E-state index is 0.0243. The molecule has 1 N–H and O–H groups in total. The van der Waals surface area contributed by atoms with Crippen molar-refractivity contribution in [2.45, 2.75) is 20.3 Å². The number of rotatable bonds is 4. The molecule has 0 bridgehead atoms. The molecule has 0 aromatic carbocycles. The van der Waals surface area contributed by atoms with Crippen LogP contribution in [0.3, 0.4) is 0 Å². The van der Waals surface area contributed by atoms with Crippen LogP contribution in [0.2, 0.25) is 0 Å². The fraction of sp³-hybridized carbons (Fsp3) is 0.250. The van der Waals surface area contributed by atoms with Crippen molar-refractivity contribution in [3.8, 4) is 0 Å². The molecule has 2 aromatic rings. The highest BCUT2D eigenvalue weighted by Gasteiger charge is 2.13. The maximum atomic E-state index is 11.7. The molecular weight excluding hydrogens is 268 g/mol. The number of nitrogens with zero attached hydrogens (tertiary/aromatic N) is 1. The van der Waals surface area contributed by atoms with E-state index in [2.05, 4.69) is 10.3 Å². The van der Waals surface area contributed by atoms with Gasteiger partial charge >= 0.3 is 0 Å². The molecule has 0 spiro atoms. The summed E-state index contributed by atoms with van der Waals surface area (Å²) < 4.78 is 0. The molecular formula is C12H12N2O2S2. The maximum Gasteiger partial charge on any atom is 0.231 e. The first-order valence-corrected chi connectivity index (χ1v) is 7.06. The summed E-state index contributed by atoms with van der Waals surface area (Å²) in [6, 6.07) is 3.83. The number of carbonyl (C=O) groups is 2. The lowest BCUT2D eigenvalue weighted by atomic mass is 10.3. The summed E-state index contributed by atoms with van der Waals surface area (Å²) in [5.41, 5.74) is 0.666. The summed E-state index contributed by atoms with van der Waals surface area (Å²) >= 11 is 2.76. The number of ketones is 1. The first-order chi connectivity index (χ1) is 8.56. The van der Waals surface area contributed by atoms with E-state index in [-0.39, 0.29) is 11.7 Å². The molecule has 0 saturated carbocycles. The number of carbonyl (C=O) groups excluding carboxylic acids is 2. The van der Waals surface area contributed by atoms with Gasteiger partial charge in [0, 0.05) is 11.8 Å². The quantitative estimate of drug-likeness (QED) is 0.876. The minimum Gasteiger partial charge on any atom is -0.302 e. The summed E-state index contributed by atoms with van der Waals surface area (Å²) in [5, 5.41) is 5.14. The summed E-state index contributed by atoms with van der Waals surface area (Å²) in [7, 11) is 0. The molecule has 6 heteroatoms. The molecule has 0 saturated heterocycles. The molecule has 0 unspecified atom stereocenters. The van der Waals surface area contributed by atoms with Gasteiger partial charge in [-0.1, -0.05) is 17.4 Å². The van der Waals surface area contributed by atoms with E-state index in [1.54, 1.807) is 18.3 Å². The average Bonchev–Trinajstić information content (AvgIpc) is 2.88. The van der Waals surface area contributed by atoms with Gasteiger partial charge in [-0.15, -0.1) is 11.3 Å². The van der Waals surface area contributed by atoms with Crippen molar-refractivity contribution in [1.82, 2.24) is 4.98 Å². The van der Waals surface area contributed by atoms with Gasteiger partial charge in [0.2, 0.25) is 5.91 Å². The Morgan fingerprint density at radius 3 is 2.78 bits per heavy atom. The lowest BCUT2D eigenvalue weighted by Crippen LogP contribution is -2.13. The summed E-state index contributed by atoms with van der Waals surface area (Å²) in [6.45, 7) is 3.26. The second-order valence-corrected chi connectivity index (χ2v) is 5.83. The Bertz CT molecular complexity index is 573. The number of Topliss-reactive ketones (excluding diaryl/α,β-unsaturated/α-hetero) is 1. The van der Waals surface area contributed by atoms with Crippen LogP contribution >= 0.6 is 22.7 Å². The Labute approximate surface area is 113 Å². The van der Waals surface area contributed by atoms with Gasteiger partial charge in [0.1, 0.15) is 0 Å². The number of hydrogen-bond donors (Lipinski definition) is 1. The topological polar surface area (TPSA) is 59.1 Å². The second kappa shape index (κ2) is 5.41. The highest BCUT2D eigenvalue weighted by molar-refractivity contribution is 7.17. The van der Waals surface area contributed by atoms with Crippen molar-refractivity contribution < 1.29 is 9.59 Å². The molecule has 0 aliphatic heterocycles. The molecule has 0 aliphatic carbocycles. The monoisotopic (exact) mass is 280 g/mol. The van der Waals surface area contributed by atoms with Crippen LogP contribution in [-0.2, 0) is 11.2 Å². The first-order valence-electron chi connectivity index (χ1n) is 5.37. The molecule has 2 aromatic heterocycles. The molecule has 0 atom stereocenters. The van der Waals surface area contributed by atoms with Gasteiger partial charge in [0.05, 0.1) is 17.0 Å². The van der Waals surface area contributed by atoms with E-state index in [0.29, 0.717) is 22.1 Å². The summed E-state index contributed by atoms with van der Waals surface area (Å²) in [6.07, 6.45) is 0.339. The zero-order valence-corrected chi connectivity index (χ0v) is 11.7. The first kappa shape index (κ1) is 12.9. The van der Waals surface area contributed by atoms with Crippen LogP contribution in [0.5, 0.6) is 0 Å². The number of aryl methyl sites for hydroxylation is 1. The Morgan fingerprint density at radius 2 is 2.22 bits per heavy atom. The Morgan fingerprint density at radius 1 is 1.44 bits per heavy atom. The second-order valence-electron chi connectivity index (χ2n) is 3.79. The lowest BCUT2D eigenvalue weighted by Gasteiger charge is -1.98. The zero-order chi connectivity index (χ0) is 13.1. The number of amides is 1. The van der Waals surface area contributed by atoms with Gasteiger partial charge in [-0.3, -0.25) is 9.59 Å². The van der Waals surface area contributed by atoms with E-state index >= 15 is 0 Å². The molecule has 0 aliphatic rings. The molecule has 1 amide bonds. The van der Waals surface area contributed by atoms with Gasteiger partial charge in [0.25, 0.3) is 0 Å². The third kappa shape index (κ3) is 3.02. The fourth-order valence-corrected chi connectivity index (χ4v) is 3.09. The van der Waals surface area contributed by atoms with Gasteiger partial charge in [-0.2, -0.15) is 0 Å². The predicted octanol–water partition coefficient (Wildman–Crippen LogP) is 2.90. The van der Waals surface area contributed by atoms with E-state index < -0.39 is 0 Å². The van der Waals surface area contributed by atoms with Crippen molar-refractivity contribution in [3.05, 3.63) is 33.0 Å². The largest absolute Gasteiger partial charge is 0.302 e. The van der Waals surface area contributed by atoms with E-state index in [1.165, 1.54) is 18.3 Å². The smallest absolute Gasteiger partial charge is 0.231 e. The van der Waals surface area contributed by atoms with Gasteiger partial charge in [-0.05, 0) is 18.4 Å². The summed E-state index contributed by atoms with van der Waals surface area (Å²) in [5.74, 6) is -0.134. The molecule has 0 fully saturated rings. The third-order valence-electron chi connectivity index (χ3n) is 2.28.